The number of ether oxygens (including phenoxy) is 9. The van der Waals surface area contributed by atoms with Crippen LogP contribution in [0, 0.1) is 34.0 Å². The largest absolute Gasteiger partial charge is 0.432 e. The molecule has 0 aromatic rings. The summed E-state index contributed by atoms with van der Waals surface area (Å²) in [6, 6.07) is 0. The molecule has 4 heterocycles. The zero-order valence-corrected chi connectivity index (χ0v) is 43.6. The predicted octanol–water partition coefficient (Wildman–Crippen LogP) is -6.63. The second kappa shape index (κ2) is 23.3. The molecule has 9 aliphatic rings. The summed E-state index contributed by atoms with van der Waals surface area (Å²) < 4.78 is 55.2. The Morgan fingerprint density at radius 3 is 1.62 bits per heavy atom. The molecule has 78 heavy (non-hydrogen) atoms. The highest BCUT2D eigenvalue weighted by Gasteiger charge is 2.70. The van der Waals surface area contributed by atoms with Crippen molar-refractivity contribution < 1.29 is 134 Å². The Hall–Kier alpha value is -1.79. The number of aliphatic hydroxyl groups is 17. The summed E-state index contributed by atoms with van der Waals surface area (Å²) in [5.74, 6) is -1.99. The van der Waals surface area contributed by atoms with Crippen LogP contribution in [-0.4, -0.2) is 279 Å². The number of fused-ring (bicyclic) bond motifs is 3. The lowest BCUT2D eigenvalue weighted by atomic mass is 9.41. The van der Waals surface area contributed by atoms with Crippen LogP contribution in [0.3, 0.4) is 0 Å². The molecule has 0 aromatic carbocycles. The molecule has 5 aliphatic carbocycles. The standard InChI is InChI=1S/C51H82O27/c1-19-12-50-9-5-26-48(2,7-4-8-49(26,3)47(69)77-45-41(37(66)32(61)24(16-55)73-45)70-21-11-20(13-52)28(57)34(63)29(21)58)27(50)6-10-51(19,18-50)78-46-42(76-44-39(68)36(65)31(60)23(15-54)72-44)40(33(62)25(17-56)74-46)75-43-38(67)35(64)30(59)22(14-53)71-43/h20-46,52-68H,1,4-18H2,2-3H3/t20?,21?,22?,23?,24?,25?,26-,27-,28?,29?,30?,31?,32?,33?,34?,35?,36?,37?,38?,39?,40?,41?,42?,43?,44?,45?,46?,48+,49+,50+,51-/m0/s1. The minimum absolute atomic E-state index is 0.0540. The Morgan fingerprint density at radius 2 is 1.04 bits per heavy atom. The average molecular weight is 1130 g/mol. The van der Waals surface area contributed by atoms with E-state index in [2.05, 4.69) is 13.5 Å². The Labute approximate surface area is 449 Å². The van der Waals surface area contributed by atoms with Gasteiger partial charge in [-0.1, -0.05) is 19.9 Å². The molecule has 17 N–H and O–H groups in total. The van der Waals surface area contributed by atoms with E-state index in [1.165, 1.54) is 0 Å². The van der Waals surface area contributed by atoms with E-state index in [1.54, 1.807) is 0 Å². The third kappa shape index (κ3) is 10.3. The highest BCUT2D eigenvalue weighted by Crippen LogP contribution is 2.74. The summed E-state index contributed by atoms with van der Waals surface area (Å²) in [5, 5.41) is 181. The molecule has 1 spiro atoms. The molecule has 0 amide bonds. The molecule has 9 fully saturated rings. The van der Waals surface area contributed by atoms with Crippen LogP contribution >= 0.6 is 0 Å². The fourth-order valence-electron chi connectivity index (χ4n) is 15.4. The van der Waals surface area contributed by atoms with Gasteiger partial charge in [-0.3, -0.25) is 4.79 Å². The van der Waals surface area contributed by atoms with Crippen molar-refractivity contribution in [2.24, 2.45) is 34.0 Å². The van der Waals surface area contributed by atoms with Gasteiger partial charge in [-0.05, 0) is 93.0 Å². The molecule has 0 aromatic heterocycles. The highest BCUT2D eigenvalue weighted by molar-refractivity contribution is 5.77. The Morgan fingerprint density at radius 1 is 0.526 bits per heavy atom. The molecule has 0 radical (unpaired) electrons. The van der Waals surface area contributed by atoms with Gasteiger partial charge in [-0.2, -0.15) is 0 Å². The first-order chi connectivity index (χ1) is 36.9. The van der Waals surface area contributed by atoms with E-state index >= 15 is 0 Å². The fourth-order valence-corrected chi connectivity index (χ4v) is 15.4. The lowest BCUT2D eigenvalue weighted by Crippen LogP contribution is -2.68. The molecule has 2 bridgehead atoms. The van der Waals surface area contributed by atoms with E-state index < -0.39 is 214 Å². The number of carbonyl (C=O) groups is 1. The van der Waals surface area contributed by atoms with Gasteiger partial charge in [0.15, 0.2) is 18.9 Å². The van der Waals surface area contributed by atoms with Gasteiger partial charge in [0, 0.05) is 12.5 Å². The van der Waals surface area contributed by atoms with Crippen molar-refractivity contribution in [2.45, 2.75) is 231 Å². The fraction of sp³-hybridized carbons (Fsp3) is 0.941. The predicted molar refractivity (Wildman–Crippen MR) is 255 cm³/mol. The van der Waals surface area contributed by atoms with Crippen molar-refractivity contribution in [1.29, 1.82) is 0 Å². The topological polar surface area (TPSA) is 444 Å². The molecule has 4 aliphatic heterocycles. The van der Waals surface area contributed by atoms with Crippen LogP contribution in [-0.2, 0) is 47.4 Å². The quantitative estimate of drug-likeness (QED) is 0.0412. The van der Waals surface area contributed by atoms with Gasteiger partial charge in [0.05, 0.1) is 49.7 Å². The maximum absolute atomic E-state index is 14.9. The zero-order chi connectivity index (χ0) is 56.7. The smallest absolute Gasteiger partial charge is 0.314 e. The molecular formula is C51H82O27. The first-order valence-corrected chi connectivity index (χ1v) is 27.2. The van der Waals surface area contributed by atoms with Crippen molar-refractivity contribution in [3.63, 3.8) is 0 Å². The van der Waals surface area contributed by atoms with Gasteiger partial charge in [-0.15, -0.1) is 0 Å². The van der Waals surface area contributed by atoms with Crippen LogP contribution in [0.2, 0.25) is 0 Å². The van der Waals surface area contributed by atoms with Gasteiger partial charge >= 0.3 is 5.97 Å². The Bertz CT molecular complexity index is 2070. The Balaban J connectivity index is 0.968. The Kier molecular flexibility index (Phi) is 18.2. The van der Waals surface area contributed by atoms with E-state index in [4.69, 9.17) is 42.6 Å². The van der Waals surface area contributed by atoms with Gasteiger partial charge in [0.1, 0.15) is 110 Å². The average Bonchev–Trinajstić information content (AvgIpc) is 3.69. The molecule has 4 saturated heterocycles. The van der Waals surface area contributed by atoms with Crippen molar-refractivity contribution in [3.8, 4) is 0 Å². The number of hydrogen-bond donors (Lipinski definition) is 17. The molecule has 31 atom stereocenters. The lowest BCUT2D eigenvalue weighted by molar-refractivity contribution is -0.400. The van der Waals surface area contributed by atoms with Crippen molar-refractivity contribution in [3.05, 3.63) is 12.2 Å². The summed E-state index contributed by atoms with van der Waals surface area (Å²) in [5.41, 5.74) is -2.73. The third-order valence-corrected chi connectivity index (χ3v) is 19.7. The monoisotopic (exact) mass is 1130 g/mol. The van der Waals surface area contributed by atoms with E-state index in [0.29, 0.717) is 63.4 Å². The van der Waals surface area contributed by atoms with Gasteiger partial charge in [0.25, 0.3) is 0 Å². The van der Waals surface area contributed by atoms with Crippen LogP contribution in [0.15, 0.2) is 12.2 Å². The van der Waals surface area contributed by atoms with Crippen LogP contribution in [0.5, 0.6) is 0 Å². The van der Waals surface area contributed by atoms with Gasteiger partial charge < -0.3 is 129 Å². The molecule has 27 heteroatoms. The highest BCUT2D eigenvalue weighted by atomic mass is 16.8. The SMILES string of the molecule is C=C1C[C@@]23CC[C@H]4[C@@](C)(CCC[C@@]4(C)C(=O)OC4OC(CO)C(O)C(O)C4OC4CC(CO)C(O)C(O)C4O)[C@@H]2CC[C@]1(OC1OC(CO)C(O)C(OC2OC(CO)C(O)C(O)C2O)C1OC1OC(CO)C(O)C(O)C1O)C3. The van der Waals surface area contributed by atoms with Crippen LogP contribution in [0.4, 0.5) is 0 Å². The summed E-state index contributed by atoms with van der Waals surface area (Å²) in [6.07, 6.45) is -37.0. The zero-order valence-electron chi connectivity index (χ0n) is 43.6. The van der Waals surface area contributed by atoms with Crippen LogP contribution < -0.4 is 0 Å². The van der Waals surface area contributed by atoms with Crippen molar-refractivity contribution >= 4 is 5.97 Å². The van der Waals surface area contributed by atoms with E-state index in [0.717, 1.165) is 0 Å². The number of rotatable bonds is 15. The summed E-state index contributed by atoms with van der Waals surface area (Å²) in [7, 11) is 0. The molecule has 448 valence electrons. The molecular weight excluding hydrogens is 1040 g/mol. The van der Waals surface area contributed by atoms with Gasteiger partial charge in [0.2, 0.25) is 6.29 Å². The normalized spacial score (nSPS) is 54.5. The molecule has 25 unspecified atom stereocenters. The van der Waals surface area contributed by atoms with Crippen LogP contribution in [0.1, 0.15) is 78.1 Å². The molecule has 27 nitrogen and oxygen atoms in total. The van der Waals surface area contributed by atoms with Crippen molar-refractivity contribution in [2.75, 3.05) is 33.0 Å². The summed E-state index contributed by atoms with van der Waals surface area (Å²) in [4.78, 5) is 14.9. The maximum atomic E-state index is 14.9. The minimum Gasteiger partial charge on any atom is -0.432 e. The maximum Gasteiger partial charge on any atom is 0.314 e. The second-order valence-corrected chi connectivity index (χ2v) is 24.1. The summed E-state index contributed by atoms with van der Waals surface area (Å²) in [6.45, 7) is 4.63. The van der Waals surface area contributed by atoms with Crippen molar-refractivity contribution in [1.82, 2.24) is 0 Å². The number of aliphatic hydroxyl groups excluding tert-OH is 17. The first-order valence-electron chi connectivity index (χ1n) is 27.2. The molecule has 5 saturated carbocycles. The number of hydrogen-bond acceptors (Lipinski definition) is 27. The number of esters is 1. The van der Waals surface area contributed by atoms with Crippen LogP contribution in [0.25, 0.3) is 0 Å². The number of carbonyl (C=O) groups excluding carboxylic acids is 1. The third-order valence-electron chi connectivity index (χ3n) is 19.7. The van der Waals surface area contributed by atoms with E-state index in [-0.39, 0.29) is 18.3 Å². The van der Waals surface area contributed by atoms with E-state index in [1.807, 2.05) is 6.92 Å². The minimum atomic E-state index is -1.99. The van der Waals surface area contributed by atoms with E-state index in [9.17, 15) is 91.6 Å². The lowest BCUT2D eigenvalue weighted by Gasteiger charge is -2.64. The first kappa shape index (κ1) is 60.8. The van der Waals surface area contributed by atoms with Gasteiger partial charge in [-0.25, -0.2) is 0 Å². The second-order valence-electron chi connectivity index (χ2n) is 24.1. The summed E-state index contributed by atoms with van der Waals surface area (Å²) >= 11 is 0. The molecule has 9 rings (SSSR count).